The van der Waals surface area contributed by atoms with Gasteiger partial charge in [0.25, 0.3) is 0 Å². The molecule has 3 saturated carbocycles. The fourth-order valence-corrected chi connectivity index (χ4v) is 8.03. The van der Waals surface area contributed by atoms with Crippen LogP contribution in [0.15, 0.2) is 22.8 Å². The van der Waals surface area contributed by atoms with Crippen molar-refractivity contribution in [3.8, 4) is 0 Å². The van der Waals surface area contributed by atoms with Gasteiger partial charge in [0.1, 0.15) is 5.78 Å². The van der Waals surface area contributed by atoms with E-state index in [-0.39, 0.29) is 5.41 Å². The number of Topliss-reactive ketones (excluding diaryl/α,β-unsaturated/α-hetero) is 1. The summed E-state index contributed by atoms with van der Waals surface area (Å²) in [6, 6.07) is 0. The first-order valence-corrected chi connectivity index (χ1v) is 11.4. The van der Waals surface area contributed by atoms with Crippen molar-refractivity contribution < 1.29 is 4.79 Å². The second kappa shape index (κ2) is 6.20. The van der Waals surface area contributed by atoms with E-state index < -0.39 is 0 Å². The Balaban J connectivity index is 1.72. The zero-order valence-corrected chi connectivity index (χ0v) is 16.5. The lowest BCUT2D eigenvalue weighted by Gasteiger charge is -2.58. The molecule has 0 radical (unpaired) electrons. The van der Waals surface area contributed by atoms with Gasteiger partial charge in [0.15, 0.2) is 0 Å². The maximum atomic E-state index is 12.5. The molecule has 0 bridgehead atoms. The maximum absolute atomic E-state index is 12.5. The Bertz CT molecular complexity index is 609. The van der Waals surface area contributed by atoms with Gasteiger partial charge in [-0.1, -0.05) is 30.2 Å². The fraction of sp³-hybridized carbons (Fsp3) is 0.762. The summed E-state index contributed by atoms with van der Waals surface area (Å²) in [7, 11) is 0. The monoisotopic (exact) mass is 364 g/mol. The highest BCUT2D eigenvalue weighted by Gasteiger charge is 2.59. The van der Waals surface area contributed by atoms with E-state index in [0.29, 0.717) is 17.1 Å². The first kappa shape index (κ1) is 17.2. The van der Waals surface area contributed by atoms with Gasteiger partial charge in [-0.15, -0.1) is 0 Å². The van der Waals surface area contributed by atoms with Crippen LogP contribution in [0, 0.1) is 28.6 Å². The SMILES string of the molecule is CSC[C@]12CCC(=CCl)C=C1CC[C@@H]1[C@@H]2CC[C@]2(C)C(=O)CC[C@@H]12. The Morgan fingerprint density at radius 1 is 1.21 bits per heavy atom. The molecular weight excluding hydrogens is 336 g/mol. The molecule has 0 aliphatic heterocycles. The van der Waals surface area contributed by atoms with Gasteiger partial charge in [0.05, 0.1) is 0 Å². The number of hydrogen-bond acceptors (Lipinski definition) is 2. The minimum Gasteiger partial charge on any atom is -0.299 e. The summed E-state index contributed by atoms with van der Waals surface area (Å²) in [5, 5.41) is 0. The molecule has 0 amide bonds. The van der Waals surface area contributed by atoms with Crippen LogP contribution in [0.2, 0.25) is 0 Å². The van der Waals surface area contributed by atoms with Crippen LogP contribution >= 0.6 is 23.4 Å². The molecule has 24 heavy (non-hydrogen) atoms. The summed E-state index contributed by atoms with van der Waals surface area (Å²) in [4.78, 5) is 12.5. The van der Waals surface area contributed by atoms with Gasteiger partial charge in [0, 0.05) is 28.5 Å². The second-order valence-electron chi connectivity index (χ2n) is 8.78. The summed E-state index contributed by atoms with van der Waals surface area (Å²) in [6.07, 6.45) is 13.9. The minimum atomic E-state index is -0.00119. The van der Waals surface area contributed by atoms with Gasteiger partial charge in [-0.2, -0.15) is 11.8 Å². The van der Waals surface area contributed by atoms with E-state index in [0.717, 1.165) is 37.5 Å². The number of allylic oxidation sites excluding steroid dienone is 3. The van der Waals surface area contributed by atoms with Crippen molar-refractivity contribution in [3.63, 3.8) is 0 Å². The predicted molar refractivity (Wildman–Crippen MR) is 103 cm³/mol. The Labute approximate surface area is 155 Å². The van der Waals surface area contributed by atoms with Crippen molar-refractivity contribution in [3.05, 3.63) is 22.8 Å². The Kier molecular flexibility index (Phi) is 4.44. The van der Waals surface area contributed by atoms with E-state index in [2.05, 4.69) is 19.3 Å². The van der Waals surface area contributed by atoms with Gasteiger partial charge >= 0.3 is 0 Å². The maximum Gasteiger partial charge on any atom is 0.139 e. The van der Waals surface area contributed by atoms with Gasteiger partial charge in [-0.25, -0.2) is 0 Å². The Morgan fingerprint density at radius 2 is 2.04 bits per heavy atom. The molecule has 0 aromatic heterocycles. The highest BCUT2D eigenvalue weighted by atomic mass is 35.5. The minimum absolute atomic E-state index is 0.00119. The number of rotatable bonds is 2. The van der Waals surface area contributed by atoms with Gasteiger partial charge < -0.3 is 0 Å². The Hall–Kier alpha value is -0.210. The topological polar surface area (TPSA) is 17.1 Å². The molecule has 0 spiro atoms. The van der Waals surface area contributed by atoms with Crippen LogP contribution in [0.4, 0.5) is 0 Å². The van der Waals surface area contributed by atoms with Crippen LogP contribution in [0.1, 0.15) is 58.3 Å². The smallest absolute Gasteiger partial charge is 0.139 e. The first-order chi connectivity index (χ1) is 11.5. The van der Waals surface area contributed by atoms with E-state index in [1.54, 1.807) is 11.1 Å². The van der Waals surface area contributed by atoms with E-state index in [9.17, 15) is 4.79 Å². The van der Waals surface area contributed by atoms with Crippen LogP contribution in [0.5, 0.6) is 0 Å². The molecule has 3 fully saturated rings. The number of halogens is 1. The van der Waals surface area contributed by atoms with E-state index in [1.165, 1.54) is 37.0 Å². The standard InChI is InChI=1S/C21H29ClOS/c1-20-9-8-18-16(17(20)5-6-19(20)23)4-3-15-11-14(12-22)7-10-21(15,18)13-24-2/h11-12,16-18H,3-10,13H2,1-2H3/t16-,17-,18-,20-,21+/m0/s1. The van der Waals surface area contributed by atoms with E-state index in [4.69, 9.17) is 11.6 Å². The molecule has 4 rings (SSSR count). The molecule has 0 unspecified atom stereocenters. The average Bonchev–Trinajstić information content (AvgIpc) is 2.90. The zero-order chi connectivity index (χ0) is 16.9. The molecule has 4 aliphatic rings. The molecule has 0 aromatic rings. The molecule has 132 valence electrons. The van der Waals surface area contributed by atoms with Crippen LogP contribution in [0.3, 0.4) is 0 Å². The van der Waals surface area contributed by atoms with E-state index in [1.807, 2.05) is 11.8 Å². The summed E-state index contributed by atoms with van der Waals surface area (Å²) < 4.78 is 0. The van der Waals surface area contributed by atoms with Crippen LogP contribution < -0.4 is 0 Å². The number of hydrogen-bond donors (Lipinski definition) is 0. The number of ketones is 1. The van der Waals surface area contributed by atoms with Crippen LogP contribution in [-0.4, -0.2) is 17.8 Å². The third kappa shape index (κ3) is 2.31. The van der Waals surface area contributed by atoms with Crippen molar-refractivity contribution in [1.82, 2.24) is 0 Å². The molecule has 0 N–H and O–H groups in total. The molecule has 0 heterocycles. The lowest BCUT2D eigenvalue weighted by atomic mass is 9.47. The molecule has 0 saturated heterocycles. The third-order valence-corrected chi connectivity index (χ3v) is 9.09. The van der Waals surface area contributed by atoms with Gasteiger partial charge in [0.2, 0.25) is 0 Å². The first-order valence-electron chi connectivity index (χ1n) is 9.58. The Morgan fingerprint density at radius 3 is 2.79 bits per heavy atom. The van der Waals surface area contributed by atoms with Gasteiger partial charge in [-0.3, -0.25) is 4.79 Å². The highest BCUT2D eigenvalue weighted by molar-refractivity contribution is 7.98. The van der Waals surface area contributed by atoms with Crippen LogP contribution in [0.25, 0.3) is 0 Å². The van der Waals surface area contributed by atoms with Crippen molar-refractivity contribution in [2.75, 3.05) is 12.0 Å². The van der Waals surface area contributed by atoms with Crippen molar-refractivity contribution in [1.29, 1.82) is 0 Å². The third-order valence-electron chi connectivity index (χ3n) is 8.00. The number of fused-ring (bicyclic) bond motifs is 5. The lowest BCUT2D eigenvalue weighted by Crippen LogP contribution is -2.52. The van der Waals surface area contributed by atoms with Gasteiger partial charge in [-0.05, 0) is 74.5 Å². The molecule has 4 aliphatic carbocycles. The molecule has 0 aromatic carbocycles. The summed E-state index contributed by atoms with van der Waals surface area (Å²) in [6.45, 7) is 2.28. The van der Waals surface area contributed by atoms with Crippen LogP contribution in [-0.2, 0) is 4.79 Å². The largest absolute Gasteiger partial charge is 0.299 e. The lowest BCUT2D eigenvalue weighted by molar-refractivity contribution is -0.132. The number of carbonyl (C=O) groups excluding carboxylic acids is 1. The molecule has 5 atom stereocenters. The molecule has 3 heteroatoms. The summed E-state index contributed by atoms with van der Waals surface area (Å²) in [5.41, 5.74) is 5.15. The number of thioether (sulfide) groups is 1. The quantitative estimate of drug-likeness (QED) is 0.599. The number of carbonyl (C=O) groups is 1. The summed E-state index contributed by atoms with van der Waals surface area (Å²) >= 11 is 8.04. The molecular formula is C21H29ClOS. The fourth-order valence-electron chi connectivity index (χ4n) is 6.80. The molecule has 1 nitrogen and oxygen atoms in total. The van der Waals surface area contributed by atoms with E-state index >= 15 is 0 Å². The average molecular weight is 365 g/mol. The zero-order valence-electron chi connectivity index (χ0n) is 14.9. The normalized spacial score (nSPS) is 46.3. The predicted octanol–water partition coefficient (Wildman–Crippen LogP) is 5.98. The van der Waals surface area contributed by atoms with Crippen molar-refractivity contribution in [2.45, 2.75) is 58.3 Å². The second-order valence-corrected chi connectivity index (χ2v) is 9.86. The van der Waals surface area contributed by atoms with Crippen molar-refractivity contribution in [2.24, 2.45) is 28.6 Å². The van der Waals surface area contributed by atoms with Crippen molar-refractivity contribution >= 4 is 29.1 Å². The highest BCUT2D eigenvalue weighted by Crippen LogP contribution is 2.65. The summed E-state index contributed by atoms with van der Waals surface area (Å²) in [5.74, 6) is 4.00.